The number of aryl methyl sites for hydroxylation is 1. The summed E-state index contributed by atoms with van der Waals surface area (Å²) in [6.07, 6.45) is 1.39. The molecular formula is C19H19FN2O2. The summed E-state index contributed by atoms with van der Waals surface area (Å²) in [5.74, 6) is -0.832. The van der Waals surface area contributed by atoms with E-state index in [2.05, 4.69) is 5.32 Å². The molecule has 1 unspecified atom stereocenters. The number of amides is 2. The maximum atomic E-state index is 13.2. The topological polar surface area (TPSA) is 49.4 Å². The number of halogens is 1. The summed E-state index contributed by atoms with van der Waals surface area (Å²) in [5.41, 5.74) is 1.98. The zero-order valence-electron chi connectivity index (χ0n) is 13.5. The number of benzene rings is 2. The molecule has 24 heavy (non-hydrogen) atoms. The maximum Gasteiger partial charge on any atom is 0.254 e. The first-order valence-corrected chi connectivity index (χ1v) is 7.98. The minimum absolute atomic E-state index is 0.143. The molecule has 1 heterocycles. The van der Waals surface area contributed by atoms with Gasteiger partial charge in [0.05, 0.1) is 0 Å². The van der Waals surface area contributed by atoms with Gasteiger partial charge in [0.25, 0.3) is 5.91 Å². The highest BCUT2D eigenvalue weighted by Gasteiger charge is 2.34. The predicted molar refractivity (Wildman–Crippen MR) is 90.3 cm³/mol. The van der Waals surface area contributed by atoms with Crippen LogP contribution in [-0.4, -0.2) is 29.3 Å². The molecule has 5 heteroatoms. The molecule has 1 N–H and O–H groups in total. The van der Waals surface area contributed by atoms with Crippen LogP contribution in [0.5, 0.6) is 0 Å². The highest BCUT2D eigenvalue weighted by molar-refractivity contribution is 6.01. The third-order valence-corrected chi connectivity index (χ3v) is 4.17. The van der Waals surface area contributed by atoms with Crippen molar-refractivity contribution in [3.63, 3.8) is 0 Å². The number of nitrogens with zero attached hydrogens (tertiary/aromatic N) is 1. The van der Waals surface area contributed by atoms with Gasteiger partial charge in [0.2, 0.25) is 5.91 Å². The lowest BCUT2D eigenvalue weighted by Crippen LogP contribution is -2.43. The Morgan fingerprint density at radius 1 is 1.17 bits per heavy atom. The minimum atomic E-state index is -0.527. The fourth-order valence-electron chi connectivity index (χ4n) is 3.02. The standard InChI is InChI=1S/C19H19FN2O2/c1-13-5-2-6-14(11-13)19(24)22-10-4-9-17(22)18(23)21-16-8-3-7-15(20)12-16/h2-3,5-8,11-12,17H,4,9-10H2,1H3,(H,21,23). The monoisotopic (exact) mass is 326 g/mol. The van der Waals surface area contributed by atoms with E-state index in [1.165, 1.54) is 18.2 Å². The summed E-state index contributed by atoms with van der Waals surface area (Å²) in [4.78, 5) is 26.8. The van der Waals surface area contributed by atoms with Crippen molar-refractivity contribution in [1.82, 2.24) is 4.90 Å². The van der Waals surface area contributed by atoms with E-state index in [9.17, 15) is 14.0 Å². The summed E-state index contributed by atoms with van der Waals surface area (Å²) in [6, 6.07) is 12.6. The number of hydrogen-bond acceptors (Lipinski definition) is 2. The molecule has 1 atom stereocenters. The van der Waals surface area contributed by atoms with Gasteiger partial charge >= 0.3 is 0 Å². The first-order valence-electron chi connectivity index (χ1n) is 7.98. The lowest BCUT2D eigenvalue weighted by molar-refractivity contribution is -0.119. The highest BCUT2D eigenvalue weighted by Crippen LogP contribution is 2.22. The third kappa shape index (κ3) is 3.45. The van der Waals surface area contributed by atoms with E-state index >= 15 is 0 Å². The van der Waals surface area contributed by atoms with E-state index in [1.807, 2.05) is 25.1 Å². The van der Waals surface area contributed by atoms with Crippen LogP contribution in [0.15, 0.2) is 48.5 Å². The van der Waals surface area contributed by atoms with Crippen LogP contribution in [0.4, 0.5) is 10.1 Å². The summed E-state index contributed by atoms with van der Waals surface area (Å²) in [5, 5.41) is 2.70. The Kier molecular flexibility index (Phi) is 4.60. The van der Waals surface area contributed by atoms with Crippen molar-refractivity contribution in [3.05, 3.63) is 65.5 Å². The molecule has 1 aliphatic rings. The molecule has 1 saturated heterocycles. The van der Waals surface area contributed by atoms with Crippen LogP contribution in [0, 0.1) is 12.7 Å². The van der Waals surface area contributed by atoms with E-state index < -0.39 is 11.9 Å². The van der Waals surface area contributed by atoms with Crippen molar-refractivity contribution < 1.29 is 14.0 Å². The molecule has 0 saturated carbocycles. The Balaban J connectivity index is 1.75. The van der Waals surface area contributed by atoms with E-state index in [-0.39, 0.29) is 11.8 Å². The zero-order chi connectivity index (χ0) is 17.1. The Morgan fingerprint density at radius 3 is 2.71 bits per heavy atom. The van der Waals surface area contributed by atoms with Crippen molar-refractivity contribution in [2.75, 3.05) is 11.9 Å². The van der Waals surface area contributed by atoms with E-state index in [0.29, 0.717) is 24.2 Å². The minimum Gasteiger partial charge on any atom is -0.327 e. The highest BCUT2D eigenvalue weighted by atomic mass is 19.1. The van der Waals surface area contributed by atoms with Gasteiger partial charge in [-0.3, -0.25) is 9.59 Å². The summed E-state index contributed by atoms with van der Waals surface area (Å²) in [6.45, 7) is 2.48. The summed E-state index contributed by atoms with van der Waals surface area (Å²) < 4.78 is 13.2. The number of carbonyl (C=O) groups is 2. The van der Waals surface area contributed by atoms with Gasteiger partial charge < -0.3 is 10.2 Å². The second kappa shape index (κ2) is 6.83. The molecule has 0 bridgehead atoms. The lowest BCUT2D eigenvalue weighted by atomic mass is 10.1. The van der Waals surface area contributed by atoms with Gasteiger partial charge in [0.15, 0.2) is 0 Å². The van der Waals surface area contributed by atoms with Crippen LogP contribution in [-0.2, 0) is 4.79 Å². The Morgan fingerprint density at radius 2 is 1.96 bits per heavy atom. The average molecular weight is 326 g/mol. The van der Waals surface area contributed by atoms with Crippen LogP contribution in [0.25, 0.3) is 0 Å². The Bertz CT molecular complexity index is 775. The second-order valence-electron chi connectivity index (χ2n) is 6.03. The quantitative estimate of drug-likeness (QED) is 0.940. The molecular weight excluding hydrogens is 307 g/mol. The molecule has 124 valence electrons. The van der Waals surface area contributed by atoms with Gasteiger partial charge in [-0.25, -0.2) is 4.39 Å². The number of rotatable bonds is 3. The summed E-state index contributed by atoms with van der Waals surface area (Å²) in [7, 11) is 0. The first kappa shape index (κ1) is 16.2. The number of anilines is 1. The van der Waals surface area contributed by atoms with E-state index in [1.54, 1.807) is 17.0 Å². The fourth-order valence-corrected chi connectivity index (χ4v) is 3.02. The molecule has 1 fully saturated rings. The largest absolute Gasteiger partial charge is 0.327 e. The molecule has 4 nitrogen and oxygen atoms in total. The van der Waals surface area contributed by atoms with E-state index in [4.69, 9.17) is 0 Å². The molecule has 2 amide bonds. The fraction of sp³-hybridized carbons (Fsp3) is 0.263. The maximum absolute atomic E-state index is 13.2. The van der Waals surface area contributed by atoms with Gasteiger partial charge in [0.1, 0.15) is 11.9 Å². The van der Waals surface area contributed by atoms with Crippen LogP contribution >= 0.6 is 0 Å². The van der Waals surface area contributed by atoms with Crippen LogP contribution in [0.3, 0.4) is 0 Å². The number of likely N-dealkylation sites (tertiary alicyclic amines) is 1. The van der Waals surface area contributed by atoms with Crippen LogP contribution in [0.2, 0.25) is 0 Å². The van der Waals surface area contributed by atoms with Crippen molar-refractivity contribution in [3.8, 4) is 0 Å². The van der Waals surface area contributed by atoms with Crippen molar-refractivity contribution in [2.45, 2.75) is 25.8 Å². The third-order valence-electron chi connectivity index (χ3n) is 4.17. The van der Waals surface area contributed by atoms with Crippen LogP contribution < -0.4 is 5.32 Å². The van der Waals surface area contributed by atoms with Crippen LogP contribution in [0.1, 0.15) is 28.8 Å². The molecule has 0 aromatic heterocycles. The lowest BCUT2D eigenvalue weighted by Gasteiger charge is -2.24. The molecule has 3 rings (SSSR count). The molecule has 0 radical (unpaired) electrons. The molecule has 1 aliphatic heterocycles. The molecule has 2 aromatic carbocycles. The first-order chi connectivity index (χ1) is 11.5. The Labute approximate surface area is 140 Å². The molecule has 0 spiro atoms. The normalized spacial score (nSPS) is 16.9. The number of carbonyl (C=O) groups excluding carboxylic acids is 2. The van der Waals surface area contributed by atoms with Crippen molar-refractivity contribution >= 4 is 17.5 Å². The smallest absolute Gasteiger partial charge is 0.254 e. The molecule has 2 aromatic rings. The zero-order valence-corrected chi connectivity index (χ0v) is 13.5. The second-order valence-corrected chi connectivity index (χ2v) is 6.03. The van der Waals surface area contributed by atoms with Gasteiger partial charge in [-0.2, -0.15) is 0 Å². The number of nitrogens with one attached hydrogen (secondary N) is 1. The predicted octanol–water partition coefficient (Wildman–Crippen LogP) is 3.38. The van der Waals surface area contributed by atoms with Crippen molar-refractivity contribution in [2.24, 2.45) is 0 Å². The van der Waals surface area contributed by atoms with Gasteiger partial charge in [0, 0.05) is 17.8 Å². The molecule has 0 aliphatic carbocycles. The van der Waals surface area contributed by atoms with Crippen molar-refractivity contribution in [1.29, 1.82) is 0 Å². The number of hydrogen-bond donors (Lipinski definition) is 1. The van der Waals surface area contributed by atoms with Gasteiger partial charge in [-0.15, -0.1) is 0 Å². The SMILES string of the molecule is Cc1cccc(C(=O)N2CCCC2C(=O)Nc2cccc(F)c2)c1. The Hall–Kier alpha value is -2.69. The average Bonchev–Trinajstić information content (AvgIpc) is 3.04. The van der Waals surface area contributed by atoms with Gasteiger partial charge in [-0.1, -0.05) is 23.8 Å². The van der Waals surface area contributed by atoms with E-state index in [0.717, 1.165) is 12.0 Å². The summed E-state index contributed by atoms with van der Waals surface area (Å²) >= 11 is 0. The van der Waals surface area contributed by atoms with Gasteiger partial charge in [-0.05, 0) is 50.1 Å².